The van der Waals surface area contributed by atoms with Crippen molar-refractivity contribution in [2.24, 2.45) is 0 Å². The largest absolute Gasteiger partial charge is 0.348 e. The number of benzene rings is 2. The first-order chi connectivity index (χ1) is 9.99. The molecule has 2 aromatic rings. The third-order valence-corrected chi connectivity index (χ3v) is 4.04. The van der Waals surface area contributed by atoms with Crippen molar-refractivity contribution in [1.29, 1.82) is 0 Å². The van der Waals surface area contributed by atoms with Crippen molar-refractivity contribution >= 4 is 34.6 Å². The number of nitrogens with one attached hydrogen (secondary N) is 1. The summed E-state index contributed by atoms with van der Waals surface area (Å²) in [5.74, 6) is -0.230. The van der Waals surface area contributed by atoms with Gasteiger partial charge in [-0.1, -0.05) is 35.9 Å². The van der Waals surface area contributed by atoms with Crippen LogP contribution < -0.4 is 5.32 Å². The van der Waals surface area contributed by atoms with Crippen molar-refractivity contribution in [2.75, 3.05) is 12.4 Å². The second kappa shape index (κ2) is 6.87. The van der Waals surface area contributed by atoms with E-state index in [0.29, 0.717) is 22.2 Å². The van der Waals surface area contributed by atoms with Gasteiger partial charge in [0, 0.05) is 29.9 Å². The Balaban J connectivity index is 2.06. The second-order valence-electron chi connectivity index (χ2n) is 4.79. The maximum Gasteiger partial charge on any atom is 0.173 e. The lowest BCUT2D eigenvalue weighted by atomic mass is 10.2. The number of halogens is 2. The molecule has 0 amide bonds. The molecule has 0 atom stereocenters. The first-order valence-electron chi connectivity index (χ1n) is 6.49. The molecular weight excluding hydrogens is 307 g/mol. The van der Waals surface area contributed by atoms with Crippen molar-refractivity contribution < 1.29 is 4.39 Å². The molecule has 0 fully saturated rings. The van der Waals surface area contributed by atoms with Crippen LogP contribution in [0.25, 0.3) is 0 Å². The maximum absolute atomic E-state index is 13.6. The fraction of sp³-hybridized carbons (Fsp3) is 0.188. The molecule has 0 spiro atoms. The molecule has 21 heavy (non-hydrogen) atoms. The van der Waals surface area contributed by atoms with Gasteiger partial charge in [-0.2, -0.15) is 0 Å². The van der Waals surface area contributed by atoms with E-state index in [0.717, 1.165) is 11.3 Å². The summed E-state index contributed by atoms with van der Waals surface area (Å²) in [7, 11) is 1.82. The Kier molecular flexibility index (Phi) is 5.15. The van der Waals surface area contributed by atoms with Crippen LogP contribution in [0.5, 0.6) is 0 Å². The fourth-order valence-electron chi connectivity index (χ4n) is 1.91. The number of thiocarbonyl (C=S) groups is 1. The number of nitrogens with zero attached hydrogens (tertiary/aromatic N) is 1. The molecule has 1 N–H and O–H groups in total. The molecule has 0 radical (unpaired) electrons. The Hall–Kier alpha value is -1.65. The van der Waals surface area contributed by atoms with Crippen LogP contribution in [-0.4, -0.2) is 17.1 Å². The quantitative estimate of drug-likeness (QED) is 0.830. The van der Waals surface area contributed by atoms with Gasteiger partial charge >= 0.3 is 0 Å². The minimum absolute atomic E-state index is 0.230. The second-order valence-corrected chi connectivity index (χ2v) is 5.58. The van der Waals surface area contributed by atoms with Crippen LogP contribution in [0.2, 0.25) is 5.02 Å². The Labute approximate surface area is 134 Å². The van der Waals surface area contributed by atoms with E-state index in [1.54, 1.807) is 17.0 Å². The summed E-state index contributed by atoms with van der Waals surface area (Å²) in [5.41, 5.74) is 2.39. The van der Waals surface area contributed by atoms with Crippen molar-refractivity contribution in [3.63, 3.8) is 0 Å². The molecule has 2 nitrogen and oxygen atoms in total. The summed E-state index contributed by atoms with van der Waals surface area (Å²) >= 11 is 11.4. The standard InChI is InChI=1S/C16H16ClFN2S/c1-11-13(17)7-5-9-15(11)19-16(21)20(2)10-12-6-3-4-8-14(12)18/h3-9H,10H2,1-2H3,(H,19,21). The van der Waals surface area contributed by atoms with Crippen molar-refractivity contribution in [1.82, 2.24) is 4.90 Å². The van der Waals surface area contributed by atoms with E-state index in [2.05, 4.69) is 5.32 Å². The molecule has 0 saturated heterocycles. The predicted molar refractivity (Wildman–Crippen MR) is 90.3 cm³/mol. The molecule has 5 heteroatoms. The van der Waals surface area contributed by atoms with E-state index in [1.807, 2.05) is 38.2 Å². The van der Waals surface area contributed by atoms with Crippen LogP contribution in [0.3, 0.4) is 0 Å². The summed E-state index contributed by atoms with van der Waals surface area (Å²) in [4.78, 5) is 1.79. The van der Waals surface area contributed by atoms with Gasteiger partial charge < -0.3 is 10.2 Å². The first kappa shape index (κ1) is 15.7. The molecule has 0 aliphatic rings. The number of hydrogen-bond acceptors (Lipinski definition) is 1. The average molecular weight is 323 g/mol. The summed E-state index contributed by atoms with van der Waals surface area (Å²) < 4.78 is 13.6. The minimum atomic E-state index is -0.230. The zero-order valence-electron chi connectivity index (χ0n) is 11.9. The lowest BCUT2D eigenvalue weighted by Crippen LogP contribution is -2.31. The van der Waals surface area contributed by atoms with E-state index >= 15 is 0 Å². The molecule has 0 unspecified atom stereocenters. The molecule has 0 aliphatic heterocycles. The van der Waals surface area contributed by atoms with Gasteiger partial charge in [-0.25, -0.2) is 4.39 Å². The minimum Gasteiger partial charge on any atom is -0.348 e. The van der Waals surface area contributed by atoms with Crippen LogP contribution in [0.15, 0.2) is 42.5 Å². The lowest BCUT2D eigenvalue weighted by molar-refractivity contribution is 0.486. The summed E-state index contributed by atoms with van der Waals surface area (Å²) in [6, 6.07) is 12.3. The van der Waals surface area contributed by atoms with Crippen LogP contribution in [0.4, 0.5) is 10.1 Å². The van der Waals surface area contributed by atoms with Crippen LogP contribution in [-0.2, 0) is 6.54 Å². The van der Waals surface area contributed by atoms with Crippen LogP contribution in [0, 0.1) is 12.7 Å². The highest BCUT2D eigenvalue weighted by atomic mass is 35.5. The zero-order chi connectivity index (χ0) is 15.4. The topological polar surface area (TPSA) is 15.3 Å². The lowest BCUT2D eigenvalue weighted by Gasteiger charge is -2.22. The smallest absolute Gasteiger partial charge is 0.173 e. The number of rotatable bonds is 3. The van der Waals surface area contributed by atoms with Gasteiger partial charge in [0.25, 0.3) is 0 Å². The number of anilines is 1. The Bertz CT molecular complexity index is 660. The summed E-state index contributed by atoms with van der Waals surface area (Å²) in [6.45, 7) is 2.32. The predicted octanol–water partition coefficient (Wildman–Crippen LogP) is 4.62. The fourth-order valence-corrected chi connectivity index (χ4v) is 2.26. The first-order valence-corrected chi connectivity index (χ1v) is 7.28. The third-order valence-electron chi connectivity index (χ3n) is 3.22. The summed E-state index contributed by atoms with van der Waals surface area (Å²) in [5, 5.41) is 4.34. The molecule has 0 aromatic heterocycles. The molecule has 0 saturated carbocycles. The highest BCUT2D eigenvalue weighted by molar-refractivity contribution is 7.80. The summed E-state index contributed by atoms with van der Waals surface area (Å²) in [6.07, 6.45) is 0. The van der Waals surface area contributed by atoms with E-state index in [-0.39, 0.29) is 5.82 Å². The van der Waals surface area contributed by atoms with Gasteiger partial charge in [0.05, 0.1) is 0 Å². The van der Waals surface area contributed by atoms with Gasteiger partial charge in [-0.05, 0) is 42.9 Å². The molecule has 2 rings (SSSR count). The van der Waals surface area contributed by atoms with Gasteiger partial charge in [-0.3, -0.25) is 0 Å². The third kappa shape index (κ3) is 3.93. The molecule has 0 heterocycles. The molecule has 0 aliphatic carbocycles. The van der Waals surface area contributed by atoms with Gasteiger partial charge in [0.1, 0.15) is 5.82 Å². The van der Waals surface area contributed by atoms with Crippen LogP contribution >= 0.6 is 23.8 Å². The van der Waals surface area contributed by atoms with E-state index < -0.39 is 0 Å². The normalized spacial score (nSPS) is 10.3. The zero-order valence-corrected chi connectivity index (χ0v) is 13.4. The van der Waals surface area contributed by atoms with Crippen LogP contribution in [0.1, 0.15) is 11.1 Å². The highest BCUT2D eigenvalue weighted by Crippen LogP contribution is 2.23. The van der Waals surface area contributed by atoms with Gasteiger partial charge in [-0.15, -0.1) is 0 Å². The molecule has 110 valence electrons. The van der Waals surface area contributed by atoms with Crippen molar-refractivity contribution in [3.05, 3.63) is 64.4 Å². The average Bonchev–Trinajstić information content (AvgIpc) is 2.46. The van der Waals surface area contributed by atoms with Crippen molar-refractivity contribution in [2.45, 2.75) is 13.5 Å². The molecule has 0 bridgehead atoms. The van der Waals surface area contributed by atoms with Crippen molar-refractivity contribution in [3.8, 4) is 0 Å². The van der Waals surface area contributed by atoms with Gasteiger partial charge in [0.2, 0.25) is 0 Å². The molecular formula is C16H16ClFN2S. The SMILES string of the molecule is Cc1c(Cl)cccc1NC(=S)N(C)Cc1ccccc1F. The van der Waals surface area contributed by atoms with Gasteiger partial charge in [0.15, 0.2) is 5.11 Å². The van der Waals surface area contributed by atoms with E-state index in [4.69, 9.17) is 23.8 Å². The Morgan fingerprint density at radius 1 is 1.24 bits per heavy atom. The monoisotopic (exact) mass is 322 g/mol. The highest BCUT2D eigenvalue weighted by Gasteiger charge is 2.10. The maximum atomic E-state index is 13.6. The van der Waals surface area contributed by atoms with E-state index in [1.165, 1.54) is 6.07 Å². The number of hydrogen-bond donors (Lipinski definition) is 1. The molecule has 2 aromatic carbocycles. The Morgan fingerprint density at radius 3 is 2.67 bits per heavy atom. The van der Waals surface area contributed by atoms with E-state index in [9.17, 15) is 4.39 Å². The Morgan fingerprint density at radius 2 is 1.95 bits per heavy atom.